The SMILES string of the molecule is CN(C)CCN(C)C(=O)C(CC(C)(C)C=O)N(C)C. The standard InChI is InChI=1S/C14H29N3O2/c1-14(2,11-18)10-12(16(5)6)13(19)17(7)9-8-15(3)4/h11-12H,8-10H2,1-7H3. The minimum Gasteiger partial charge on any atom is -0.343 e. The first-order valence-corrected chi connectivity index (χ1v) is 6.63. The van der Waals surface area contributed by atoms with Crippen molar-refractivity contribution in [2.24, 2.45) is 5.41 Å². The second-order valence-electron chi connectivity index (χ2n) is 6.35. The first kappa shape index (κ1) is 18.1. The van der Waals surface area contributed by atoms with Crippen LogP contribution in [0.15, 0.2) is 0 Å². The lowest BCUT2D eigenvalue weighted by molar-refractivity contribution is -0.136. The summed E-state index contributed by atoms with van der Waals surface area (Å²) in [7, 11) is 9.54. The van der Waals surface area contributed by atoms with Gasteiger partial charge in [0.1, 0.15) is 6.29 Å². The Morgan fingerprint density at radius 1 is 1.11 bits per heavy atom. The van der Waals surface area contributed by atoms with Crippen molar-refractivity contribution in [3.05, 3.63) is 0 Å². The average molecular weight is 271 g/mol. The van der Waals surface area contributed by atoms with E-state index in [-0.39, 0.29) is 11.9 Å². The van der Waals surface area contributed by atoms with Crippen LogP contribution >= 0.6 is 0 Å². The van der Waals surface area contributed by atoms with Crippen molar-refractivity contribution in [3.63, 3.8) is 0 Å². The van der Waals surface area contributed by atoms with Crippen LogP contribution in [0.5, 0.6) is 0 Å². The summed E-state index contributed by atoms with van der Waals surface area (Å²) in [6.07, 6.45) is 1.46. The Balaban J connectivity index is 4.70. The Morgan fingerprint density at radius 2 is 1.63 bits per heavy atom. The molecular weight excluding hydrogens is 242 g/mol. The summed E-state index contributed by atoms with van der Waals surface area (Å²) in [5.74, 6) is 0.0711. The number of rotatable bonds is 8. The first-order chi connectivity index (χ1) is 8.60. The highest BCUT2D eigenvalue weighted by Gasteiger charge is 2.30. The van der Waals surface area contributed by atoms with Crippen LogP contribution in [0.4, 0.5) is 0 Å². The topological polar surface area (TPSA) is 43.9 Å². The number of carbonyl (C=O) groups is 2. The van der Waals surface area contributed by atoms with E-state index in [4.69, 9.17) is 0 Å². The summed E-state index contributed by atoms with van der Waals surface area (Å²) in [6.45, 7) is 5.25. The molecule has 0 rings (SSSR count). The highest BCUT2D eigenvalue weighted by Crippen LogP contribution is 2.22. The fraction of sp³-hybridized carbons (Fsp3) is 0.857. The molecule has 19 heavy (non-hydrogen) atoms. The lowest BCUT2D eigenvalue weighted by Crippen LogP contribution is -2.48. The van der Waals surface area contributed by atoms with Crippen molar-refractivity contribution in [2.75, 3.05) is 48.3 Å². The maximum absolute atomic E-state index is 12.4. The van der Waals surface area contributed by atoms with Crippen molar-refractivity contribution >= 4 is 12.2 Å². The molecule has 0 aliphatic carbocycles. The molecule has 0 aromatic rings. The van der Waals surface area contributed by atoms with Gasteiger partial charge in [-0.25, -0.2) is 0 Å². The molecular formula is C14H29N3O2. The van der Waals surface area contributed by atoms with Gasteiger partial charge in [-0.1, -0.05) is 13.8 Å². The number of carbonyl (C=O) groups excluding carboxylic acids is 2. The van der Waals surface area contributed by atoms with Crippen molar-refractivity contribution in [3.8, 4) is 0 Å². The summed E-state index contributed by atoms with van der Waals surface area (Å²) in [4.78, 5) is 29.2. The number of nitrogens with zero attached hydrogens (tertiary/aromatic N) is 3. The largest absolute Gasteiger partial charge is 0.343 e. The Bertz CT molecular complexity index is 301. The minimum absolute atomic E-state index is 0.0711. The van der Waals surface area contributed by atoms with E-state index in [0.717, 1.165) is 12.8 Å². The fourth-order valence-corrected chi connectivity index (χ4v) is 1.75. The van der Waals surface area contributed by atoms with Gasteiger partial charge in [-0.2, -0.15) is 0 Å². The molecule has 0 aromatic carbocycles. The van der Waals surface area contributed by atoms with E-state index in [2.05, 4.69) is 0 Å². The average Bonchev–Trinajstić information content (AvgIpc) is 2.31. The number of likely N-dealkylation sites (N-methyl/N-ethyl adjacent to an activating group) is 3. The highest BCUT2D eigenvalue weighted by atomic mass is 16.2. The van der Waals surface area contributed by atoms with Crippen LogP contribution in [0.25, 0.3) is 0 Å². The van der Waals surface area contributed by atoms with E-state index in [1.807, 2.05) is 58.9 Å². The fourth-order valence-electron chi connectivity index (χ4n) is 1.75. The quantitative estimate of drug-likeness (QED) is 0.605. The van der Waals surface area contributed by atoms with Crippen LogP contribution in [-0.4, -0.2) is 81.3 Å². The zero-order valence-corrected chi connectivity index (χ0v) is 13.4. The molecule has 112 valence electrons. The Hall–Kier alpha value is -0.940. The van der Waals surface area contributed by atoms with Crippen LogP contribution in [0.3, 0.4) is 0 Å². The molecule has 0 heterocycles. The molecule has 0 bridgehead atoms. The lowest BCUT2D eigenvalue weighted by Gasteiger charge is -2.32. The van der Waals surface area contributed by atoms with E-state index < -0.39 is 5.41 Å². The van der Waals surface area contributed by atoms with Crippen molar-refractivity contribution < 1.29 is 9.59 Å². The van der Waals surface area contributed by atoms with Gasteiger partial charge in [0, 0.05) is 25.6 Å². The molecule has 0 saturated carbocycles. The van der Waals surface area contributed by atoms with Crippen LogP contribution in [-0.2, 0) is 9.59 Å². The Kier molecular flexibility index (Phi) is 7.23. The molecule has 5 nitrogen and oxygen atoms in total. The van der Waals surface area contributed by atoms with E-state index in [9.17, 15) is 9.59 Å². The van der Waals surface area contributed by atoms with Gasteiger partial charge in [-0.05, 0) is 34.6 Å². The Labute approximate surface area is 117 Å². The maximum Gasteiger partial charge on any atom is 0.239 e. The molecule has 0 aliphatic heterocycles. The highest BCUT2D eigenvalue weighted by molar-refractivity contribution is 5.82. The first-order valence-electron chi connectivity index (χ1n) is 6.63. The number of amides is 1. The summed E-state index contributed by atoms with van der Waals surface area (Å²) < 4.78 is 0. The smallest absolute Gasteiger partial charge is 0.239 e. The zero-order valence-electron chi connectivity index (χ0n) is 13.4. The van der Waals surface area contributed by atoms with Gasteiger partial charge in [0.25, 0.3) is 0 Å². The molecule has 0 fully saturated rings. The molecule has 0 aliphatic rings. The molecule has 0 aromatic heterocycles. The molecule has 0 saturated heterocycles. The van der Waals surface area contributed by atoms with Gasteiger partial charge in [0.15, 0.2) is 0 Å². The van der Waals surface area contributed by atoms with Crippen molar-refractivity contribution in [1.29, 1.82) is 0 Å². The predicted octanol–water partition coefficient (Wildman–Crippen LogP) is 0.552. The van der Waals surface area contributed by atoms with Crippen molar-refractivity contribution in [2.45, 2.75) is 26.3 Å². The van der Waals surface area contributed by atoms with E-state index in [1.54, 1.807) is 4.90 Å². The third-order valence-corrected chi connectivity index (χ3v) is 3.21. The van der Waals surface area contributed by atoms with Crippen LogP contribution in [0, 0.1) is 5.41 Å². The van der Waals surface area contributed by atoms with E-state index in [0.29, 0.717) is 13.0 Å². The lowest BCUT2D eigenvalue weighted by atomic mass is 9.86. The van der Waals surface area contributed by atoms with Gasteiger partial charge in [-0.15, -0.1) is 0 Å². The van der Waals surface area contributed by atoms with Crippen LogP contribution in [0.2, 0.25) is 0 Å². The second kappa shape index (κ2) is 7.60. The summed E-state index contributed by atoms with van der Waals surface area (Å²) in [6, 6.07) is -0.257. The third-order valence-electron chi connectivity index (χ3n) is 3.21. The van der Waals surface area contributed by atoms with Gasteiger partial charge >= 0.3 is 0 Å². The molecule has 1 amide bonds. The summed E-state index contributed by atoms with van der Waals surface area (Å²) in [5.41, 5.74) is -0.479. The van der Waals surface area contributed by atoms with Crippen LogP contribution in [0.1, 0.15) is 20.3 Å². The summed E-state index contributed by atoms with van der Waals surface area (Å²) >= 11 is 0. The molecule has 0 spiro atoms. The number of hydrogen-bond acceptors (Lipinski definition) is 4. The van der Waals surface area contributed by atoms with E-state index in [1.165, 1.54) is 0 Å². The second-order valence-corrected chi connectivity index (χ2v) is 6.35. The monoisotopic (exact) mass is 271 g/mol. The zero-order chi connectivity index (χ0) is 15.2. The summed E-state index contributed by atoms with van der Waals surface area (Å²) in [5, 5.41) is 0. The Morgan fingerprint density at radius 3 is 2.00 bits per heavy atom. The van der Waals surface area contributed by atoms with Gasteiger partial charge in [0.2, 0.25) is 5.91 Å². The molecule has 1 atom stereocenters. The van der Waals surface area contributed by atoms with Gasteiger partial charge in [0.05, 0.1) is 6.04 Å². The van der Waals surface area contributed by atoms with Crippen molar-refractivity contribution in [1.82, 2.24) is 14.7 Å². The normalized spacial score (nSPS) is 13.7. The molecule has 0 radical (unpaired) electrons. The molecule has 1 unspecified atom stereocenters. The van der Waals surface area contributed by atoms with Crippen LogP contribution < -0.4 is 0 Å². The van der Waals surface area contributed by atoms with E-state index >= 15 is 0 Å². The molecule has 5 heteroatoms. The number of hydrogen-bond donors (Lipinski definition) is 0. The van der Waals surface area contributed by atoms with Gasteiger partial charge < -0.3 is 14.6 Å². The third kappa shape index (κ3) is 6.68. The number of aldehydes is 1. The molecule has 0 N–H and O–H groups in total. The predicted molar refractivity (Wildman–Crippen MR) is 78.1 cm³/mol. The minimum atomic E-state index is -0.479. The maximum atomic E-state index is 12.4. The van der Waals surface area contributed by atoms with Gasteiger partial charge in [-0.3, -0.25) is 9.69 Å².